The number of aliphatic carboxylic acids is 1. The lowest BCUT2D eigenvalue weighted by Crippen LogP contribution is -2.35. The predicted octanol–water partition coefficient (Wildman–Crippen LogP) is 4.34. The van der Waals surface area contributed by atoms with Gasteiger partial charge in [0.1, 0.15) is 22.3 Å². The normalized spacial score (nSPS) is 14.3. The molecule has 2 heterocycles. The molecule has 3 N–H and O–H groups in total. The Morgan fingerprint density at radius 2 is 1.75 bits per heavy atom. The highest BCUT2D eigenvalue weighted by molar-refractivity contribution is 7.89. The van der Waals surface area contributed by atoms with Crippen molar-refractivity contribution in [2.75, 3.05) is 37.7 Å². The highest BCUT2D eigenvalue weighted by Gasteiger charge is 2.38. The Bertz CT molecular complexity index is 1510. The largest absolute Gasteiger partial charge is 0.493 e. The van der Waals surface area contributed by atoms with Crippen LogP contribution in [0.25, 0.3) is 11.1 Å². The Hall–Kier alpha value is -3.83. The predicted molar refractivity (Wildman–Crippen MR) is 147 cm³/mol. The van der Waals surface area contributed by atoms with Crippen LogP contribution in [0, 0.1) is 17.6 Å². The molecule has 44 heavy (non-hydrogen) atoms. The molecule has 0 radical (unpaired) electrons. The molecule has 0 bridgehead atoms. The van der Waals surface area contributed by atoms with Gasteiger partial charge in [0.15, 0.2) is 5.82 Å². The number of carboxylic acid groups (broad SMARTS) is 1. The molecular weight excluding hydrogens is 619 g/mol. The Morgan fingerprint density at radius 3 is 2.27 bits per heavy atom. The topological polar surface area (TPSA) is 155 Å². The fourth-order valence-electron chi connectivity index (χ4n) is 4.04. The molecule has 2 aromatic carbocycles. The van der Waals surface area contributed by atoms with Crippen LogP contribution < -0.4 is 14.4 Å². The van der Waals surface area contributed by atoms with Gasteiger partial charge in [-0.25, -0.2) is 26.7 Å². The summed E-state index contributed by atoms with van der Waals surface area (Å²) in [4.78, 5) is 14.6. The molecule has 0 spiro atoms. The number of piperidine rings is 1. The zero-order valence-corrected chi connectivity index (χ0v) is 24.5. The second-order valence-corrected chi connectivity index (χ2v) is 11.8. The van der Waals surface area contributed by atoms with E-state index in [0.29, 0.717) is 41.7 Å². The van der Waals surface area contributed by atoms with Crippen molar-refractivity contribution in [3.05, 3.63) is 53.9 Å². The standard InChI is InChI=1S/C25H30F2N4O5S.C2HF3O2/c1-16(2)24-29-25(36-30-24)31-10-7-17(8-11-31)15-35-19-5-3-18(4-6-19)20-13-22(27)23(14-21(20)26)37(33,34)28-9-12-32;3-2(4,5)1(6)7/h3-6,13-14,16-17,28,32H,7-12,15H2,1-2H3;(H,6,7). The number of halogens is 5. The fourth-order valence-corrected chi connectivity index (χ4v) is 5.13. The summed E-state index contributed by atoms with van der Waals surface area (Å²) in [5.41, 5.74) is 0.309. The highest BCUT2D eigenvalue weighted by atomic mass is 32.2. The average Bonchev–Trinajstić information content (AvgIpc) is 3.47. The van der Waals surface area contributed by atoms with E-state index in [1.165, 1.54) is 0 Å². The number of benzene rings is 2. The first-order chi connectivity index (χ1) is 20.6. The number of ether oxygens (including phenoxy) is 1. The SMILES string of the molecule is CC(C)c1noc(N2CCC(COc3ccc(-c4cc(F)c(S(=O)(=O)NCCO)cc4F)cc3)CC2)n1.O=C(O)C(F)(F)F. The zero-order chi connectivity index (χ0) is 32.7. The molecule has 3 aromatic rings. The third-order valence-electron chi connectivity index (χ3n) is 6.44. The smallest absolute Gasteiger partial charge is 0.490 e. The Labute approximate surface area is 249 Å². The number of aromatic nitrogens is 2. The molecule has 242 valence electrons. The van der Waals surface area contributed by atoms with Gasteiger partial charge in [0, 0.05) is 31.1 Å². The molecule has 4 rings (SSSR count). The summed E-state index contributed by atoms with van der Waals surface area (Å²) in [7, 11) is -4.28. The van der Waals surface area contributed by atoms with E-state index in [2.05, 4.69) is 15.0 Å². The van der Waals surface area contributed by atoms with Crippen LogP contribution in [0.2, 0.25) is 0 Å². The van der Waals surface area contributed by atoms with Crippen molar-refractivity contribution in [2.45, 2.75) is 43.7 Å². The van der Waals surface area contributed by atoms with Gasteiger partial charge in [-0.05, 0) is 48.6 Å². The van der Waals surface area contributed by atoms with E-state index < -0.39 is 45.3 Å². The summed E-state index contributed by atoms with van der Waals surface area (Å²) in [6.45, 7) is 5.37. The lowest BCUT2D eigenvalue weighted by molar-refractivity contribution is -0.192. The molecular formula is C27H31F5N4O7S. The third-order valence-corrected chi connectivity index (χ3v) is 7.92. The summed E-state index contributed by atoms with van der Waals surface area (Å²) in [5, 5.41) is 19.9. The monoisotopic (exact) mass is 650 g/mol. The van der Waals surface area contributed by atoms with Crippen molar-refractivity contribution in [2.24, 2.45) is 5.92 Å². The van der Waals surface area contributed by atoms with E-state index in [4.69, 9.17) is 24.3 Å². The van der Waals surface area contributed by atoms with Gasteiger partial charge in [-0.1, -0.05) is 31.1 Å². The van der Waals surface area contributed by atoms with Crippen LogP contribution in [0.4, 0.5) is 28.0 Å². The van der Waals surface area contributed by atoms with Gasteiger partial charge in [-0.15, -0.1) is 0 Å². The number of hydrogen-bond donors (Lipinski definition) is 3. The van der Waals surface area contributed by atoms with Gasteiger partial charge in [0.2, 0.25) is 10.0 Å². The third kappa shape index (κ3) is 9.33. The lowest BCUT2D eigenvalue weighted by Gasteiger charge is -2.30. The first-order valence-corrected chi connectivity index (χ1v) is 14.8. The number of nitrogens with zero attached hydrogens (tertiary/aromatic N) is 3. The number of rotatable bonds is 10. The van der Waals surface area contributed by atoms with Gasteiger partial charge in [0.05, 0.1) is 13.2 Å². The van der Waals surface area contributed by atoms with E-state index in [-0.39, 0.29) is 18.0 Å². The molecule has 1 saturated heterocycles. The van der Waals surface area contributed by atoms with Gasteiger partial charge >= 0.3 is 18.2 Å². The molecule has 1 aliphatic rings. The van der Waals surface area contributed by atoms with Crippen LogP contribution in [0.5, 0.6) is 5.75 Å². The summed E-state index contributed by atoms with van der Waals surface area (Å²) in [6.07, 6.45) is -3.27. The number of aliphatic hydroxyl groups excluding tert-OH is 1. The van der Waals surface area contributed by atoms with E-state index in [1.54, 1.807) is 24.3 Å². The van der Waals surface area contributed by atoms with Crippen molar-refractivity contribution in [1.82, 2.24) is 14.9 Å². The van der Waals surface area contributed by atoms with Crippen molar-refractivity contribution in [3.8, 4) is 16.9 Å². The fraction of sp³-hybridized carbons (Fsp3) is 0.444. The highest BCUT2D eigenvalue weighted by Crippen LogP contribution is 2.30. The number of carboxylic acids is 1. The first-order valence-electron chi connectivity index (χ1n) is 13.3. The quantitative estimate of drug-likeness (QED) is 0.270. The number of nitrogens with one attached hydrogen (secondary N) is 1. The molecule has 1 aromatic heterocycles. The average molecular weight is 651 g/mol. The minimum absolute atomic E-state index is 0.0702. The minimum Gasteiger partial charge on any atom is -0.493 e. The van der Waals surface area contributed by atoms with Gasteiger partial charge in [0.25, 0.3) is 0 Å². The molecule has 1 aliphatic heterocycles. The van der Waals surface area contributed by atoms with E-state index in [0.717, 1.165) is 32.0 Å². The molecule has 11 nitrogen and oxygen atoms in total. The van der Waals surface area contributed by atoms with Crippen LogP contribution in [-0.2, 0) is 14.8 Å². The van der Waals surface area contributed by atoms with Crippen LogP contribution in [0.3, 0.4) is 0 Å². The van der Waals surface area contributed by atoms with E-state index in [9.17, 15) is 30.4 Å². The van der Waals surface area contributed by atoms with Gasteiger partial charge in [-0.2, -0.15) is 18.2 Å². The van der Waals surface area contributed by atoms with E-state index >= 15 is 0 Å². The minimum atomic E-state index is -5.08. The van der Waals surface area contributed by atoms with Crippen molar-refractivity contribution in [3.63, 3.8) is 0 Å². The van der Waals surface area contributed by atoms with Crippen molar-refractivity contribution >= 4 is 22.0 Å². The number of anilines is 1. The zero-order valence-electron chi connectivity index (χ0n) is 23.6. The maximum atomic E-state index is 14.7. The first kappa shape index (κ1) is 34.7. The molecule has 0 amide bonds. The van der Waals surface area contributed by atoms with Crippen molar-refractivity contribution in [1.29, 1.82) is 0 Å². The maximum absolute atomic E-state index is 14.7. The second kappa shape index (κ2) is 14.8. The number of hydrogen-bond acceptors (Lipinski definition) is 9. The number of aliphatic hydroxyl groups is 1. The van der Waals surface area contributed by atoms with Crippen LogP contribution in [0.1, 0.15) is 38.4 Å². The second-order valence-electron chi connectivity index (χ2n) is 10.0. The van der Waals surface area contributed by atoms with Crippen molar-refractivity contribution < 1.29 is 54.6 Å². The summed E-state index contributed by atoms with van der Waals surface area (Å²) in [5.74, 6) is -2.88. The molecule has 0 aliphatic carbocycles. The maximum Gasteiger partial charge on any atom is 0.490 e. The number of alkyl halides is 3. The summed E-state index contributed by atoms with van der Waals surface area (Å²) < 4.78 is 98.5. The van der Waals surface area contributed by atoms with Crippen LogP contribution in [-0.4, -0.2) is 73.8 Å². The Morgan fingerprint density at radius 1 is 1.14 bits per heavy atom. The summed E-state index contributed by atoms with van der Waals surface area (Å²) in [6, 6.07) is 8.56. The van der Waals surface area contributed by atoms with Crippen LogP contribution in [0.15, 0.2) is 45.8 Å². The number of sulfonamides is 1. The van der Waals surface area contributed by atoms with Crippen LogP contribution >= 0.6 is 0 Å². The Kier molecular flexibility index (Phi) is 11.6. The lowest BCUT2D eigenvalue weighted by atomic mass is 9.98. The molecule has 0 atom stereocenters. The Balaban J connectivity index is 0.000000676. The number of carbonyl (C=O) groups is 1. The molecule has 0 unspecified atom stereocenters. The van der Waals surface area contributed by atoms with E-state index in [1.807, 2.05) is 18.6 Å². The summed E-state index contributed by atoms with van der Waals surface area (Å²) >= 11 is 0. The molecule has 17 heteroatoms. The molecule has 0 saturated carbocycles. The van der Waals surface area contributed by atoms with Gasteiger partial charge in [-0.3, -0.25) is 0 Å². The molecule has 1 fully saturated rings. The van der Waals surface area contributed by atoms with Gasteiger partial charge < -0.3 is 24.4 Å².